The van der Waals surface area contributed by atoms with Crippen LogP contribution in [0.4, 0.5) is 0 Å². The number of hydrogen-bond donors (Lipinski definition) is 0. The molecule has 0 fully saturated rings. The van der Waals surface area contributed by atoms with Crippen molar-refractivity contribution in [2.45, 2.75) is 45.0 Å². The fraction of sp³-hybridized carbons (Fsp3) is 0.417. The van der Waals surface area contributed by atoms with Crippen LogP contribution in [0.2, 0.25) is 0 Å². The van der Waals surface area contributed by atoms with Gasteiger partial charge in [-0.1, -0.05) is 44.2 Å². The van der Waals surface area contributed by atoms with Crippen LogP contribution < -0.4 is 9.47 Å². The zero-order valence-corrected chi connectivity index (χ0v) is 18.8. The Morgan fingerprint density at radius 2 is 1.41 bits per heavy atom. The summed E-state index contributed by atoms with van der Waals surface area (Å²) in [5.41, 5.74) is 2.22. The third-order valence-corrected chi connectivity index (χ3v) is 7.21. The van der Waals surface area contributed by atoms with E-state index in [0.29, 0.717) is 19.0 Å². The van der Waals surface area contributed by atoms with Gasteiger partial charge >= 0.3 is 0 Å². The molecule has 0 amide bonds. The Morgan fingerprint density at radius 1 is 0.966 bits per heavy atom. The summed E-state index contributed by atoms with van der Waals surface area (Å²) in [5, 5.41) is 0.0875. The number of rotatable bonds is 12. The molecule has 2 rings (SSSR count). The predicted molar refractivity (Wildman–Crippen MR) is 121 cm³/mol. The maximum absolute atomic E-state index is 13.6. The van der Waals surface area contributed by atoms with Crippen molar-refractivity contribution in [3.05, 3.63) is 72.3 Å². The smallest absolute Gasteiger partial charge is 0.138 e. The van der Waals surface area contributed by atoms with Gasteiger partial charge in [0.1, 0.15) is 16.7 Å². The van der Waals surface area contributed by atoms with E-state index in [-0.39, 0.29) is 5.25 Å². The molecule has 0 aliphatic heterocycles. The van der Waals surface area contributed by atoms with Gasteiger partial charge in [-0.15, -0.1) is 10.9 Å². The van der Waals surface area contributed by atoms with Crippen LogP contribution in [0.15, 0.2) is 61.2 Å². The van der Waals surface area contributed by atoms with E-state index in [0.717, 1.165) is 35.5 Å². The Balaban J connectivity index is 2.24. The van der Waals surface area contributed by atoms with E-state index in [1.807, 2.05) is 54.6 Å². The van der Waals surface area contributed by atoms with Crippen molar-refractivity contribution in [2.24, 2.45) is 5.92 Å². The summed E-state index contributed by atoms with van der Waals surface area (Å²) in [4.78, 5) is 0. The van der Waals surface area contributed by atoms with E-state index in [9.17, 15) is 4.55 Å². The summed E-state index contributed by atoms with van der Waals surface area (Å²) in [6.45, 7) is 9.35. The Labute approximate surface area is 178 Å². The van der Waals surface area contributed by atoms with Gasteiger partial charge in [0.05, 0.1) is 27.3 Å². The van der Waals surface area contributed by atoms with E-state index in [1.165, 1.54) is 0 Å². The molecule has 0 radical (unpaired) electrons. The lowest BCUT2D eigenvalue weighted by atomic mass is 10.0. The molecule has 0 saturated carbocycles. The molecule has 3 atom stereocenters. The van der Waals surface area contributed by atoms with Crippen LogP contribution in [-0.4, -0.2) is 28.3 Å². The van der Waals surface area contributed by atoms with Crippen molar-refractivity contribution >= 4 is 11.4 Å². The molecule has 2 aromatic carbocycles. The molecule has 0 saturated heterocycles. The van der Waals surface area contributed by atoms with Crippen molar-refractivity contribution in [3.8, 4) is 11.5 Å². The van der Waals surface area contributed by atoms with Crippen LogP contribution in [0.5, 0.6) is 11.5 Å². The molecule has 0 aliphatic carbocycles. The van der Waals surface area contributed by atoms with Crippen LogP contribution in [0.25, 0.3) is 0 Å². The molecule has 158 valence electrons. The molecular formula is C24H33NO3S. The quantitative estimate of drug-likeness (QED) is 0.346. The summed E-state index contributed by atoms with van der Waals surface area (Å²) in [5.74, 6) is 1.96. The molecule has 2 aromatic rings. The van der Waals surface area contributed by atoms with Crippen LogP contribution >= 0.6 is 0 Å². The van der Waals surface area contributed by atoms with Gasteiger partial charge in [-0.25, -0.2) is 0 Å². The monoisotopic (exact) mass is 415 g/mol. The number of hydrogen-bond acceptors (Lipinski definition) is 4. The molecule has 4 nitrogen and oxygen atoms in total. The topological polar surface area (TPSA) is 44.8 Å². The van der Waals surface area contributed by atoms with Crippen LogP contribution in [0, 0.1) is 5.92 Å². The average molecular weight is 416 g/mol. The lowest BCUT2D eigenvalue weighted by Crippen LogP contribution is -2.40. The first-order chi connectivity index (χ1) is 14.0. The van der Waals surface area contributed by atoms with Gasteiger partial charge in [-0.2, -0.15) is 0 Å². The van der Waals surface area contributed by atoms with Crippen molar-refractivity contribution in [1.82, 2.24) is 4.31 Å². The molecule has 5 heteroatoms. The highest BCUT2D eigenvalue weighted by molar-refractivity contribution is 7.89. The second-order valence-corrected chi connectivity index (χ2v) is 8.89. The van der Waals surface area contributed by atoms with Crippen molar-refractivity contribution in [2.75, 3.05) is 14.2 Å². The summed E-state index contributed by atoms with van der Waals surface area (Å²) >= 11 is -1.12. The van der Waals surface area contributed by atoms with Crippen molar-refractivity contribution in [3.63, 3.8) is 0 Å². The maximum Gasteiger partial charge on any atom is 0.138 e. The highest BCUT2D eigenvalue weighted by Crippen LogP contribution is 2.27. The van der Waals surface area contributed by atoms with Gasteiger partial charge in [0.15, 0.2) is 0 Å². The van der Waals surface area contributed by atoms with Gasteiger partial charge in [0.2, 0.25) is 0 Å². The van der Waals surface area contributed by atoms with Gasteiger partial charge in [0.25, 0.3) is 0 Å². The molecule has 0 heterocycles. The molecule has 0 bridgehead atoms. The second-order valence-electron chi connectivity index (χ2n) is 7.22. The van der Waals surface area contributed by atoms with E-state index in [4.69, 9.17) is 9.47 Å². The Morgan fingerprint density at radius 3 is 1.76 bits per heavy atom. The first-order valence-corrected chi connectivity index (χ1v) is 11.2. The van der Waals surface area contributed by atoms with Gasteiger partial charge in [-0.05, 0) is 48.2 Å². The third-order valence-electron chi connectivity index (χ3n) is 5.12. The molecule has 0 aliphatic rings. The average Bonchev–Trinajstić information content (AvgIpc) is 2.75. The number of ether oxygens (including phenoxy) is 2. The second kappa shape index (κ2) is 11.9. The lowest BCUT2D eigenvalue weighted by molar-refractivity contribution is 0.375. The highest BCUT2D eigenvalue weighted by Gasteiger charge is 2.32. The lowest BCUT2D eigenvalue weighted by Gasteiger charge is -2.32. The largest absolute Gasteiger partial charge is 0.598 e. The highest BCUT2D eigenvalue weighted by atomic mass is 32.2. The van der Waals surface area contributed by atoms with Gasteiger partial charge in [-0.3, -0.25) is 0 Å². The fourth-order valence-corrected chi connectivity index (χ4v) is 5.13. The van der Waals surface area contributed by atoms with E-state index in [2.05, 4.69) is 24.7 Å². The standard InChI is InChI=1S/C24H33NO3S/c1-6-8-19(3)24(7-2)29(26)25(17-20-9-13-22(27-4)14-10-20)18-21-11-15-23(28-5)16-12-21/h6,9-16,19,24H,1,7-8,17-18H2,2-5H3. The number of methoxy groups -OCH3 is 2. The normalized spacial score (nSPS) is 14.3. The summed E-state index contributed by atoms with van der Waals surface area (Å²) in [6.07, 6.45) is 3.65. The molecule has 0 N–H and O–H groups in total. The van der Waals surface area contributed by atoms with E-state index < -0.39 is 11.4 Å². The van der Waals surface area contributed by atoms with Crippen LogP contribution in [0.1, 0.15) is 37.8 Å². The molecule has 0 spiro atoms. The first-order valence-electron chi connectivity index (χ1n) is 10.0. The van der Waals surface area contributed by atoms with Gasteiger partial charge < -0.3 is 14.0 Å². The Bertz CT molecular complexity index is 683. The summed E-state index contributed by atoms with van der Waals surface area (Å²) < 4.78 is 26.2. The summed E-state index contributed by atoms with van der Waals surface area (Å²) in [7, 11) is 3.32. The predicted octanol–water partition coefficient (Wildman–Crippen LogP) is 5.36. The third kappa shape index (κ3) is 6.81. The van der Waals surface area contributed by atoms with Crippen molar-refractivity contribution < 1.29 is 14.0 Å². The molecular weight excluding hydrogens is 382 g/mol. The zero-order valence-electron chi connectivity index (χ0n) is 18.0. The van der Waals surface area contributed by atoms with Gasteiger partial charge in [0, 0.05) is 17.3 Å². The minimum Gasteiger partial charge on any atom is -0.598 e. The zero-order chi connectivity index (χ0) is 21.2. The number of allylic oxidation sites excluding steroid dienone is 1. The van der Waals surface area contributed by atoms with E-state index >= 15 is 0 Å². The number of nitrogens with zero attached hydrogens (tertiary/aromatic N) is 1. The van der Waals surface area contributed by atoms with E-state index in [1.54, 1.807) is 14.2 Å². The maximum atomic E-state index is 13.6. The van der Waals surface area contributed by atoms with Crippen LogP contribution in [0.3, 0.4) is 0 Å². The minimum absolute atomic E-state index is 0.0875. The number of benzene rings is 2. The Hall–Kier alpha value is -1.95. The molecule has 3 unspecified atom stereocenters. The molecule has 29 heavy (non-hydrogen) atoms. The SMILES string of the molecule is C=CCC(C)C(CC)[S+]([O-])N(Cc1ccc(OC)cc1)Cc1ccc(OC)cc1. The fourth-order valence-electron chi connectivity index (χ4n) is 3.40. The Kier molecular flexibility index (Phi) is 9.58. The molecule has 0 aromatic heterocycles. The first kappa shape index (κ1) is 23.3. The van der Waals surface area contributed by atoms with Crippen LogP contribution in [-0.2, 0) is 24.5 Å². The van der Waals surface area contributed by atoms with Crippen molar-refractivity contribution in [1.29, 1.82) is 0 Å². The minimum atomic E-state index is -1.12. The summed E-state index contributed by atoms with van der Waals surface area (Å²) in [6, 6.07) is 15.9.